The van der Waals surface area contributed by atoms with E-state index in [9.17, 15) is 14.9 Å². The third-order valence-corrected chi connectivity index (χ3v) is 6.72. The number of thiazole rings is 1. The van der Waals surface area contributed by atoms with Gasteiger partial charge in [-0.3, -0.25) is 19.8 Å². The van der Waals surface area contributed by atoms with Gasteiger partial charge in [0.25, 0.3) is 5.69 Å². The average molecular weight is 430 g/mol. The molecule has 1 aromatic carbocycles. The molecule has 0 radical (unpaired) electrons. The Morgan fingerprint density at radius 3 is 2.70 bits per heavy atom. The first-order valence-corrected chi connectivity index (χ1v) is 11.4. The van der Waals surface area contributed by atoms with E-state index < -0.39 is 0 Å². The van der Waals surface area contributed by atoms with Crippen molar-refractivity contribution in [2.24, 2.45) is 0 Å². The Hall–Kier alpha value is -2.36. The molecular formula is C21H27N5O3S. The molecule has 2 aliphatic rings. The molecule has 0 unspecified atom stereocenters. The van der Waals surface area contributed by atoms with Crippen molar-refractivity contribution in [1.82, 2.24) is 14.8 Å². The number of hydrogen-bond donors (Lipinski definition) is 1. The smallest absolute Gasteiger partial charge is 0.269 e. The third kappa shape index (κ3) is 5.41. The summed E-state index contributed by atoms with van der Waals surface area (Å²) in [6.07, 6.45) is 4.17. The van der Waals surface area contributed by atoms with E-state index in [1.165, 1.54) is 36.7 Å². The molecule has 2 aromatic rings. The summed E-state index contributed by atoms with van der Waals surface area (Å²) in [7, 11) is 0. The first-order valence-electron chi connectivity index (χ1n) is 10.5. The maximum Gasteiger partial charge on any atom is 0.269 e. The van der Waals surface area contributed by atoms with Crippen molar-refractivity contribution in [3.63, 3.8) is 0 Å². The molecule has 2 fully saturated rings. The molecule has 1 aromatic heterocycles. The summed E-state index contributed by atoms with van der Waals surface area (Å²) < 4.78 is 0. The van der Waals surface area contributed by atoms with Gasteiger partial charge in [0.15, 0.2) is 5.13 Å². The fourth-order valence-corrected chi connectivity index (χ4v) is 4.68. The Balaban J connectivity index is 1.17. The van der Waals surface area contributed by atoms with Crippen LogP contribution in [0.1, 0.15) is 42.9 Å². The minimum absolute atomic E-state index is 0.0172. The van der Waals surface area contributed by atoms with E-state index in [4.69, 9.17) is 0 Å². The summed E-state index contributed by atoms with van der Waals surface area (Å²) in [4.78, 5) is 32.0. The second kappa shape index (κ2) is 9.63. The van der Waals surface area contributed by atoms with E-state index in [0.717, 1.165) is 44.0 Å². The number of nitro benzene ring substituents is 1. The molecule has 1 saturated carbocycles. The van der Waals surface area contributed by atoms with Gasteiger partial charge in [-0.25, -0.2) is 4.98 Å². The summed E-state index contributed by atoms with van der Waals surface area (Å²) in [6, 6.07) is 6.83. The van der Waals surface area contributed by atoms with Crippen molar-refractivity contribution in [3.8, 4) is 0 Å². The van der Waals surface area contributed by atoms with Gasteiger partial charge >= 0.3 is 0 Å². The van der Waals surface area contributed by atoms with E-state index in [1.807, 2.05) is 6.07 Å². The van der Waals surface area contributed by atoms with Gasteiger partial charge < -0.3 is 10.2 Å². The minimum atomic E-state index is -0.355. The molecule has 9 heteroatoms. The highest BCUT2D eigenvalue weighted by atomic mass is 32.1. The lowest BCUT2D eigenvalue weighted by Gasteiger charge is -2.34. The number of rotatable bonds is 8. The Bertz CT molecular complexity index is 890. The van der Waals surface area contributed by atoms with Gasteiger partial charge in [0.2, 0.25) is 5.91 Å². The van der Waals surface area contributed by atoms with Gasteiger partial charge in [-0.05, 0) is 18.4 Å². The molecule has 4 rings (SSSR count). The Morgan fingerprint density at radius 2 is 2.00 bits per heavy atom. The number of nitrogens with zero attached hydrogens (tertiary/aromatic N) is 4. The molecule has 1 N–H and O–H groups in total. The lowest BCUT2D eigenvalue weighted by atomic mass is 9.83. The van der Waals surface area contributed by atoms with Crippen LogP contribution in [0, 0.1) is 10.1 Å². The maximum absolute atomic E-state index is 12.3. The Kier molecular flexibility index (Phi) is 6.71. The van der Waals surface area contributed by atoms with Crippen molar-refractivity contribution in [1.29, 1.82) is 0 Å². The SMILES string of the molecule is O=C(CCN1CCN(Cc2cccc([N+](=O)[O-])c2)CC1)Nc1nc(C2CCC2)cs1. The predicted molar refractivity (Wildman–Crippen MR) is 117 cm³/mol. The normalized spacial score (nSPS) is 18.1. The monoisotopic (exact) mass is 429 g/mol. The van der Waals surface area contributed by atoms with Crippen LogP contribution in [0.2, 0.25) is 0 Å². The molecule has 1 aliphatic carbocycles. The van der Waals surface area contributed by atoms with E-state index in [0.29, 0.717) is 24.0 Å². The second-order valence-corrected chi connectivity index (χ2v) is 8.91. The highest BCUT2D eigenvalue weighted by molar-refractivity contribution is 7.13. The maximum atomic E-state index is 12.3. The van der Waals surface area contributed by atoms with Gasteiger partial charge in [0, 0.05) is 69.1 Å². The van der Waals surface area contributed by atoms with Crippen LogP contribution < -0.4 is 5.32 Å². The summed E-state index contributed by atoms with van der Waals surface area (Å²) >= 11 is 1.52. The van der Waals surface area contributed by atoms with Crippen molar-refractivity contribution in [3.05, 3.63) is 51.0 Å². The number of anilines is 1. The summed E-state index contributed by atoms with van der Waals surface area (Å²) in [5.74, 6) is 0.605. The van der Waals surface area contributed by atoms with Crippen molar-refractivity contribution >= 4 is 28.1 Å². The lowest BCUT2D eigenvalue weighted by Crippen LogP contribution is -2.46. The molecule has 1 saturated heterocycles. The molecule has 0 atom stereocenters. The molecular weight excluding hydrogens is 402 g/mol. The fraction of sp³-hybridized carbons (Fsp3) is 0.524. The molecule has 160 valence electrons. The number of hydrogen-bond acceptors (Lipinski definition) is 7. The average Bonchev–Trinajstić information content (AvgIpc) is 3.14. The summed E-state index contributed by atoms with van der Waals surface area (Å²) in [6.45, 7) is 5.01. The highest BCUT2D eigenvalue weighted by Crippen LogP contribution is 2.37. The predicted octanol–water partition coefficient (Wildman–Crippen LogP) is 3.47. The number of carbonyl (C=O) groups excluding carboxylic acids is 1. The Labute approximate surface area is 180 Å². The topological polar surface area (TPSA) is 91.6 Å². The first-order chi connectivity index (χ1) is 14.6. The van der Waals surface area contributed by atoms with E-state index in [2.05, 4.69) is 25.5 Å². The van der Waals surface area contributed by atoms with Gasteiger partial charge in [-0.2, -0.15) is 0 Å². The summed E-state index contributed by atoms with van der Waals surface area (Å²) in [5, 5.41) is 16.6. The zero-order chi connectivity index (χ0) is 20.9. The largest absolute Gasteiger partial charge is 0.302 e. The van der Waals surface area contributed by atoms with E-state index in [-0.39, 0.29) is 16.5 Å². The number of nitro groups is 1. The Morgan fingerprint density at radius 1 is 1.23 bits per heavy atom. The number of benzene rings is 1. The van der Waals surface area contributed by atoms with Gasteiger partial charge in [-0.15, -0.1) is 11.3 Å². The molecule has 8 nitrogen and oxygen atoms in total. The molecule has 30 heavy (non-hydrogen) atoms. The van der Waals surface area contributed by atoms with Crippen LogP contribution in [0.3, 0.4) is 0 Å². The third-order valence-electron chi connectivity index (χ3n) is 5.94. The zero-order valence-electron chi connectivity index (χ0n) is 17.0. The zero-order valence-corrected chi connectivity index (χ0v) is 17.8. The van der Waals surface area contributed by atoms with Crippen LogP contribution in [0.25, 0.3) is 0 Å². The number of non-ortho nitro benzene ring substituents is 1. The molecule has 1 aliphatic heterocycles. The number of amides is 1. The molecule has 1 amide bonds. The standard InChI is InChI=1S/C21H27N5O3S/c27-20(23-21-22-19(15-30-21)17-4-2-5-17)7-8-24-9-11-25(12-10-24)14-16-3-1-6-18(13-16)26(28)29/h1,3,6,13,15,17H,2,4-5,7-12,14H2,(H,22,23,27). The summed E-state index contributed by atoms with van der Waals surface area (Å²) in [5.41, 5.74) is 2.22. The number of aromatic nitrogens is 1. The lowest BCUT2D eigenvalue weighted by molar-refractivity contribution is -0.384. The van der Waals surface area contributed by atoms with Gasteiger partial charge in [0.1, 0.15) is 0 Å². The van der Waals surface area contributed by atoms with Crippen LogP contribution in [0.15, 0.2) is 29.6 Å². The van der Waals surface area contributed by atoms with Crippen LogP contribution in [-0.2, 0) is 11.3 Å². The minimum Gasteiger partial charge on any atom is -0.302 e. The van der Waals surface area contributed by atoms with Crippen molar-refractivity contribution < 1.29 is 9.72 Å². The number of piperazine rings is 1. The fourth-order valence-electron chi connectivity index (χ4n) is 3.87. The molecule has 0 bridgehead atoms. The van der Waals surface area contributed by atoms with Gasteiger partial charge in [0.05, 0.1) is 10.6 Å². The van der Waals surface area contributed by atoms with Crippen molar-refractivity contribution in [2.45, 2.75) is 38.1 Å². The van der Waals surface area contributed by atoms with Crippen LogP contribution in [0.4, 0.5) is 10.8 Å². The van der Waals surface area contributed by atoms with E-state index >= 15 is 0 Å². The first kappa shape index (κ1) is 20.9. The van der Waals surface area contributed by atoms with E-state index in [1.54, 1.807) is 12.1 Å². The highest BCUT2D eigenvalue weighted by Gasteiger charge is 2.23. The quantitative estimate of drug-likeness (QED) is 0.510. The second-order valence-electron chi connectivity index (χ2n) is 8.05. The van der Waals surface area contributed by atoms with Crippen molar-refractivity contribution in [2.75, 3.05) is 38.0 Å². The van der Waals surface area contributed by atoms with Crippen LogP contribution >= 0.6 is 11.3 Å². The van der Waals surface area contributed by atoms with Gasteiger partial charge in [-0.1, -0.05) is 18.6 Å². The molecule has 2 heterocycles. The number of carbonyl (C=O) groups is 1. The number of nitrogens with one attached hydrogen (secondary N) is 1. The van der Waals surface area contributed by atoms with Crippen LogP contribution in [0.5, 0.6) is 0 Å². The molecule has 0 spiro atoms. The van der Waals surface area contributed by atoms with Crippen LogP contribution in [-0.4, -0.2) is 58.3 Å².